The molecule has 0 bridgehead atoms. The highest BCUT2D eigenvalue weighted by Crippen LogP contribution is 2.25. The summed E-state index contributed by atoms with van der Waals surface area (Å²) in [5, 5.41) is 3.68. The van der Waals surface area contributed by atoms with Crippen molar-refractivity contribution in [2.75, 3.05) is 32.8 Å². The number of rotatable bonds is 5. The van der Waals surface area contributed by atoms with Gasteiger partial charge < -0.3 is 10.1 Å². The van der Waals surface area contributed by atoms with Gasteiger partial charge in [-0.15, -0.1) is 0 Å². The second-order valence-corrected chi connectivity index (χ2v) is 7.10. The Morgan fingerprint density at radius 1 is 1.19 bits per heavy atom. The molecular weight excluding hydrogens is 260 g/mol. The van der Waals surface area contributed by atoms with Crippen molar-refractivity contribution in [1.29, 1.82) is 0 Å². The quantitative estimate of drug-likeness (QED) is 0.902. The van der Waals surface area contributed by atoms with E-state index in [4.69, 9.17) is 4.74 Å². The molecule has 1 aromatic rings. The first-order valence-corrected chi connectivity index (χ1v) is 8.08. The van der Waals surface area contributed by atoms with E-state index in [1.54, 1.807) is 0 Å². The van der Waals surface area contributed by atoms with Crippen LogP contribution in [0.15, 0.2) is 24.3 Å². The molecule has 1 atom stereocenters. The van der Waals surface area contributed by atoms with Crippen molar-refractivity contribution in [3.63, 3.8) is 0 Å². The van der Waals surface area contributed by atoms with E-state index >= 15 is 0 Å². The summed E-state index contributed by atoms with van der Waals surface area (Å²) in [6.45, 7) is 15.0. The molecule has 1 saturated heterocycles. The fraction of sp³-hybridized carbons (Fsp3) is 0.667. The largest absolute Gasteiger partial charge is 0.379 e. The minimum atomic E-state index is 0.200. The zero-order valence-electron chi connectivity index (χ0n) is 14.0. The van der Waals surface area contributed by atoms with Crippen LogP contribution in [0.5, 0.6) is 0 Å². The van der Waals surface area contributed by atoms with Gasteiger partial charge in [-0.25, -0.2) is 0 Å². The van der Waals surface area contributed by atoms with Crippen molar-refractivity contribution < 1.29 is 4.74 Å². The third-order valence-electron chi connectivity index (χ3n) is 4.10. The van der Waals surface area contributed by atoms with Gasteiger partial charge in [-0.2, -0.15) is 0 Å². The van der Waals surface area contributed by atoms with Crippen molar-refractivity contribution in [3.8, 4) is 0 Å². The van der Waals surface area contributed by atoms with Crippen LogP contribution in [-0.2, 0) is 16.7 Å². The van der Waals surface area contributed by atoms with E-state index in [-0.39, 0.29) is 5.41 Å². The Morgan fingerprint density at radius 3 is 2.52 bits per heavy atom. The molecule has 2 rings (SSSR count). The van der Waals surface area contributed by atoms with E-state index < -0.39 is 0 Å². The van der Waals surface area contributed by atoms with Gasteiger partial charge in [-0.05, 0) is 23.5 Å². The molecule has 1 N–H and O–H groups in total. The lowest BCUT2D eigenvalue weighted by atomic mass is 9.84. The van der Waals surface area contributed by atoms with Gasteiger partial charge in [0, 0.05) is 32.2 Å². The number of nitrogens with zero attached hydrogens (tertiary/aromatic N) is 1. The fourth-order valence-electron chi connectivity index (χ4n) is 2.93. The van der Waals surface area contributed by atoms with Crippen LogP contribution in [0.3, 0.4) is 0 Å². The molecule has 0 saturated carbocycles. The molecule has 3 nitrogen and oxygen atoms in total. The summed E-state index contributed by atoms with van der Waals surface area (Å²) in [6.07, 6.45) is 0. The van der Waals surface area contributed by atoms with Gasteiger partial charge in [-0.1, -0.05) is 45.0 Å². The number of ether oxygens (including phenoxy) is 1. The zero-order chi connectivity index (χ0) is 15.3. The van der Waals surface area contributed by atoms with Crippen LogP contribution in [0.25, 0.3) is 0 Å². The van der Waals surface area contributed by atoms with E-state index in [0.29, 0.717) is 6.04 Å². The summed E-state index contributed by atoms with van der Waals surface area (Å²) in [5.74, 6) is 0. The maximum absolute atomic E-state index is 5.40. The molecule has 0 aliphatic carbocycles. The second-order valence-electron chi connectivity index (χ2n) is 7.10. The average Bonchev–Trinajstić information content (AvgIpc) is 2.45. The minimum Gasteiger partial charge on any atom is -0.379 e. The predicted octanol–water partition coefficient (Wildman–Crippen LogP) is 2.79. The molecule has 1 aliphatic heterocycles. The van der Waals surface area contributed by atoms with Crippen LogP contribution in [0.1, 0.15) is 38.8 Å². The van der Waals surface area contributed by atoms with E-state index in [9.17, 15) is 0 Å². The second kappa shape index (κ2) is 7.39. The number of benzene rings is 1. The van der Waals surface area contributed by atoms with E-state index in [1.165, 1.54) is 11.1 Å². The molecule has 0 spiro atoms. The standard InChI is InChI=1S/C18H30N2O/c1-15(14-20-9-11-21-12-10-20)19-13-16-7-5-6-8-17(16)18(2,3)4/h5-8,15,19H,9-14H2,1-4H3. The lowest BCUT2D eigenvalue weighted by Crippen LogP contribution is -2.44. The lowest BCUT2D eigenvalue weighted by molar-refractivity contribution is 0.0343. The van der Waals surface area contributed by atoms with Crippen molar-refractivity contribution in [3.05, 3.63) is 35.4 Å². The molecular formula is C18H30N2O. The molecule has 0 aromatic heterocycles. The average molecular weight is 290 g/mol. The Bertz CT molecular complexity index is 433. The number of hydrogen-bond acceptors (Lipinski definition) is 3. The molecule has 1 fully saturated rings. The van der Waals surface area contributed by atoms with Crippen molar-refractivity contribution in [2.45, 2.75) is 45.7 Å². The fourth-order valence-corrected chi connectivity index (χ4v) is 2.93. The molecule has 0 radical (unpaired) electrons. The van der Waals surface area contributed by atoms with Crippen LogP contribution < -0.4 is 5.32 Å². The van der Waals surface area contributed by atoms with Gasteiger partial charge in [0.05, 0.1) is 13.2 Å². The summed E-state index contributed by atoms with van der Waals surface area (Å²) in [7, 11) is 0. The SMILES string of the molecule is CC(CN1CCOCC1)NCc1ccccc1C(C)(C)C. The number of nitrogens with one attached hydrogen (secondary N) is 1. The van der Waals surface area contributed by atoms with Gasteiger partial charge >= 0.3 is 0 Å². The van der Waals surface area contributed by atoms with Gasteiger partial charge in [-0.3, -0.25) is 4.90 Å². The highest BCUT2D eigenvalue weighted by molar-refractivity contribution is 5.32. The van der Waals surface area contributed by atoms with Crippen LogP contribution in [0.2, 0.25) is 0 Å². The third kappa shape index (κ3) is 5.10. The molecule has 3 heteroatoms. The van der Waals surface area contributed by atoms with Crippen LogP contribution in [-0.4, -0.2) is 43.8 Å². The van der Waals surface area contributed by atoms with Gasteiger partial charge in [0.2, 0.25) is 0 Å². The maximum atomic E-state index is 5.40. The first kappa shape index (κ1) is 16.5. The smallest absolute Gasteiger partial charge is 0.0594 e. The van der Waals surface area contributed by atoms with E-state index in [0.717, 1.165) is 39.4 Å². The van der Waals surface area contributed by atoms with Gasteiger partial charge in [0.1, 0.15) is 0 Å². The van der Waals surface area contributed by atoms with Crippen LogP contribution in [0, 0.1) is 0 Å². The molecule has 1 aromatic carbocycles. The summed E-state index contributed by atoms with van der Waals surface area (Å²) >= 11 is 0. The van der Waals surface area contributed by atoms with E-state index in [2.05, 4.69) is 62.2 Å². The Balaban J connectivity index is 1.87. The molecule has 1 unspecified atom stereocenters. The molecule has 1 heterocycles. The highest BCUT2D eigenvalue weighted by Gasteiger charge is 2.18. The summed E-state index contributed by atoms with van der Waals surface area (Å²) in [6, 6.07) is 9.27. The Morgan fingerprint density at radius 2 is 1.86 bits per heavy atom. The Labute approximate surface area is 129 Å². The normalized spacial score (nSPS) is 18.7. The summed E-state index contributed by atoms with van der Waals surface area (Å²) in [4.78, 5) is 2.48. The monoisotopic (exact) mass is 290 g/mol. The Kier molecular flexibility index (Phi) is 5.80. The van der Waals surface area contributed by atoms with Gasteiger partial charge in [0.15, 0.2) is 0 Å². The third-order valence-corrected chi connectivity index (χ3v) is 4.10. The number of hydrogen-bond donors (Lipinski definition) is 1. The topological polar surface area (TPSA) is 24.5 Å². The van der Waals surface area contributed by atoms with Crippen molar-refractivity contribution in [2.24, 2.45) is 0 Å². The van der Waals surface area contributed by atoms with Crippen LogP contribution in [0.4, 0.5) is 0 Å². The highest BCUT2D eigenvalue weighted by atomic mass is 16.5. The summed E-state index contributed by atoms with van der Waals surface area (Å²) in [5.41, 5.74) is 3.06. The van der Waals surface area contributed by atoms with Crippen molar-refractivity contribution >= 4 is 0 Å². The van der Waals surface area contributed by atoms with Gasteiger partial charge in [0.25, 0.3) is 0 Å². The molecule has 21 heavy (non-hydrogen) atoms. The predicted molar refractivity (Wildman–Crippen MR) is 88.7 cm³/mol. The van der Waals surface area contributed by atoms with Crippen molar-refractivity contribution in [1.82, 2.24) is 10.2 Å². The van der Waals surface area contributed by atoms with E-state index in [1.807, 2.05) is 0 Å². The number of morpholine rings is 1. The first-order valence-electron chi connectivity index (χ1n) is 8.08. The minimum absolute atomic E-state index is 0.200. The first-order chi connectivity index (χ1) is 9.97. The summed E-state index contributed by atoms with van der Waals surface area (Å²) < 4.78 is 5.40. The molecule has 1 aliphatic rings. The van der Waals surface area contributed by atoms with Crippen LogP contribution >= 0.6 is 0 Å². The maximum Gasteiger partial charge on any atom is 0.0594 e. The lowest BCUT2D eigenvalue weighted by Gasteiger charge is -2.30. The molecule has 0 amide bonds. The Hall–Kier alpha value is -0.900. The zero-order valence-corrected chi connectivity index (χ0v) is 14.0. The molecule has 118 valence electrons.